The van der Waals surface area contributed by atoms with Gasteiger partial charge in [0.2, 0.25) is 0 Å². The van der Waals surface area contributed by atoms with Crippen molar-refractivity contribution in [3.63, 3.8) is 0 Å². The van der Waals surface area contributed by atoms with Crippen molar-refractivity contribution in [1.29, 1.82) is 0 Å². The van der Waals surface area contributed by atoms with Gasteiger partial charge in [0, 0.05) is 29.1 Å². The molecule has 1 aliphatic carbocycles. The largest absolute Gasteiger partial charge is 0.312 e. The first-order chi connectivity index (χ1) is 9.24. The highest BCUT2D eigenvalue weighted by Crippen LogP contribution is 2.34. The third-order valence-electron chi connectivity index (χ3n) is 3.68. The maximum atomic E-state index is 6.15. The Labute approximate surface area is 123 Å². The zero-order valence-corrected chi connectivity index (χ0v) is 12.0. The standard InChI is InChI=1S/C16H15Cl2N/c17-14-6-5-12(16(18)8-14)9-19-10-13-7-11-3-1-2-4-15(11)13/h1-6,8,13,19H,7,9-10H2. The SMILES string of the molecule is Clc1ccc(CNCC2Cc3ccccc32)c(Cl)c1. The summed E-state index contributed by atoms with van der Waals surface area (Å²) in [5, 5.41) is 4.89. The van der Waals surface area contributed by atoms with Crippen molar-refractivity contribution >= 4 is 23.2 Å². The molecule has 19 heavy (non-hydrogen) atoms. The summed E-state index contributed by atoms with van der Waals surface area (Å²) in [4.78, 5) is 0. The summed E-state index contributed by atoms with van der Waals surface area (Å²) in [5.74, 6) is 0.641. The quantitative estimate of drug-likeness (QED) is 0.879. The highest BCUT2D eigenvalue weighted by molar-refractivity contribution is 6.35. The highest BCUT2D eigenvalue weighted by atomic mass is 35.5. The van der Waals surface area contributed by atoms with Crippen LogP contribution in [0.1, 0.15) is 22.6 Å². The summed E-state index contributed by atoms with van der Waals surface area (Å²) in [7, 11) is 0. The van der Waals surface area contributed by atoms with Crippen LogP contribution < -0.4 is 5.32 Å². The first-order valence-corrected chi connectivity index (χ1v) is 7.22. The molecule has 2 aromatic carbocycles. The second kappa shape index (κ2) is 5.54. The molecule has 0 fully saturated rings. The van der Waals surface area contributed by atoms with Gasteiger partial charge in [-0.25, -0.2) is 0 Å². The fraction of sp³-hybridized carbons (Fsp3) is 0.250. The van der Waals surface area contributed by atoms with Crippen LogP contribution in [0.4, 0.5) is 0 Å². The minimum Gasteiger partial charge on any atom is -0.312 e. The van der Waals surface area contributed by atoms with E-state index in [0.29, 0.717) is 10.9 Å². The van der Waals surface area contributed by atoms with Gasteiger partial charge >= 0.3 is 0 Å². The summed E-state index contributed by atoms with van der Waals surface area (Å²) < 4.78 is 0. The number of benzene rings is 2. The van der Waals surface area contributed by atoms with Gasteiger partial charge in [-0.1, -0.05) is 53.5 Å². The minimum absolute atomic E-state index is 0.641. The summed E-state index contributed by atoms with van der Waals surface area (Å²) >= 11 is 12.0. The number of hydrogen-bond donors (Lipinski definition) is 1. The van der Waals surface area contributed by atoms with Crippen molar-refractivity contribution in [2.45, 2.75) is 18.9 Å². The molecule has 0 spiro atoms. The summed E-state index contributed by atoms with van der Waals surface area (Å²) in [6, 6.07) is 14.3. The van der Waals surface area contributed by atoms with E-state index in [0.717, 1.165) is 23.7 Å². The molecule has 0 aliphatic heterocycles. The fourth-order valence-corrected chi connectivity index (χ4v) is 3.07. The molecular weight excluding hydrogens is 277 g/mol. The van der Waals surface area contributed by atoms with Crippen LogP contribution in [0.25, 0.3) is 0 Å². The monoisotopic (exact) mass is 291 g/mol. The lowest BCUT2D eigenvalue weighted by molar-refractivity contribution is 0.536. The Morgan fingerprint density at radius 3 is 2.74 bits per heavy atom. The zero-order chi connectivity index (χ0) is 13.2. The lowest BCUT2D eigenvalue weighted by atomic mass is 9.77. The van der Waals surface area contributed by atoms with Gasteiger partial charge in [0.25, 0.3) is 0 Å². The Bertz CT molecular complexity index is 595. The van der Waals surface area contributed by atoms with Gasteiger partial charge in [-0.05, 0) is 35.2 Å². The van der Waals surface area contributed by atoms with E-state index >= 15 is 0 Å². The van der Waals surface area contributed by atoms with Gasteiger partial charge in [0.15, 0.2) is 0 Å². The Balaban J connectivity index is 1.55. The van der Waals surface area contributed by atoms with Gasteiger partial charge in [-0.2, -0.15) is 0 Å². The fourth-order valence-electron chi connectivity index (χ4n) is 2.59. The molecule has 0 saturated carbocycles. The van der Waals surface area contributed by atoms with Crippen LogP contribution >= 0.6 is 23.2 Å². The molecule has 3 heteroatoms. The Hall–Kier alpha value is -1.02. The topological polar surface area (TPSA) is 12.0 Å². The molecule has 1 N–H and O–H groups in total. The van der Waals surface area contributed by atoms with Crippen molar-refractivity contribution in [2.75, 3.05) is 6.54 Å². The Kier molecular flexibility index (Phi) is 3.79. The molecule has 0 bridgehead atoms. The summed E-state index contributed by atoms with van der Waals surface area (Å²) in [5.41, 5.74) is 4.06. The van der Waals surface area contributed by atoms with Crippen LogP contribution in [0.5, 0.6) is 0 Å². The second-order valence-corrected chi connectivity index (χ2v) is 5.81. The van der Waals surface area contributed by atoms with Crippen LogP contribution in [-0.4, -0.2) is 6.54 Å². The van der Waals surface area contributed by atoms with Crippen LogP contribution in [0.3, 0.4) is 0 Å². The van der Waals surface area contributed by atoms with Crippen molar-refractivity contribution in [3.05, 3.63) is 69.2 Å². The van der Waals surface area contributed by atoms with E-state index in [1.54, 1.807) is 6.07 Å². The predicted octanol–water partition coefficient (Wildman–Crippen LogP) is 4.42. The number of hydrogen-bond acceptors (Lipinski definition) is 1. The lowest BCUT2D eigenvalue weighted by Crippen LogP contribution is -2.28. The summed E-state index contributed by atoms with van der Waals surface area (Å²) in [6.07, 6.45) is 1.18. The minimum atomic E-state index is 0.641. The summed E-state index contributed by atoms with van der Waals surface area (Å²) in [6.45, 7) is 1.78. The van der Waals surface area contributed by atoms with Crippen molar-refractivity contribution in [1.82, 2.24) is 5.32 Å². The molecule has 0 heterocycles. The average Bonchev–Trinajstić information content (AvgIpc) is 2.37. The van der Waals surface area contributed by atoms with E-state index < -0.39 is 0 Å². The molecule has 0 saturated heterocycles. The molecule has 2 aromatic rings. The van der Waals surface area contributed by atoms with E-state index in [4.69, 9.17) is 23.2 Å². The van der Waals surface area contributed by atoms with Gasteiger partial charge < -0.3 is 5.32 Å². The third-order valence-corrected chi connectivity index (χ3v) is 4.27. The maximum Gasteiger partial charge on any atom is 0.0465 e. The number of fused-ring (bicyclic) bond motifs is 1. The van der Waals surface area contributed by atoms with E-state index in [2.05, 4.69) is 29.6 Å². The normalized spacial score (nSPS) is 16.8. The second-order valence-electron chi connectivity index (χ2n) is 4.97. The van der Waals surface area contributed by atoms with Crippen LogP contribution in [-0.2, 0) is 13.0 Å². The molecule has 1 atom stereocenters. The maximum absolute atomic E-state index is 6.15. The molecule has 1 aliphatic rings. The van der Waals surface area contributed by atoms with E-state index in [1.807, 2.05) is 12.1 Å². The predicted molar refractivity (Wildman–Crippen MR) is 81.1 cm³/mol. The number of nitrogens with one attached hydrogen (secondary N) is 1. The molecule has 0 aromatic heterocycles. The molecule has 3 rings (SSSR count). The lowest BCUT2D eigenvalue weighted by Gasteiger charge is -2.30. The van der Waals surface area contributed by atoms with Crippen LogP contribution in [0.15, 0.2) is 42.5 Å². The van der Waals surface area contributed by atoms with Crippen LogP contribution in [0.2, 0.25) is 10.0 Å². The van der Waals surface area contributed by atoms with Crippen molar-refractivity contribution in [3.8, 4) is 0 Å². The van der Waals surface area contributed by atoms with Gasteiger partial charge in [-0.15, -0.1) is 0 Å². The van der Waals surface area contributed by atoms with Gasteiger partial charge in [-0.3, -0.25) is 0 Å². The van der Waals surface area contributed by atoms with Crippen LogP contribution in [0, 0.1) is 0 Å². The molecule has 1 nitrogen and oxygen atoms in total. The molecule has 0 radical (unpaired) electrons. The van der Waals surface area contributed by atoms with E-state index in [-0.39, 0.29) is 0 Å². The number of halogens is 2. The molecule has 0 amide bonds. The average molecular weight is 292 g/mol. The highest BCUT2D eigenvalue weighted by Gasteiger charge is 2.24. The smallest absolute Gasteiger partial charge is 0.0465 e. The van der Waals surface area contributed by atoms with E-state index in [1.165, 1.54) is 17.5 Å². The van der Waals surface area contributed by atoms with Gasteiger partial charge in [0.1, 0.15) is 0 Å². The molecule has 1 unspecified atom stereocenters. The van der Waals surface area contributed by atoms with Gasteiger partial charge in [0.05, 0.1) is 0 Å². The van der Waals surface area contributed by atoms with Crippen molar-refractivity contribution < 1.29 is 0 Å². The van der Waals surface area contributed by atoms with Crippen molar-refractivity contribution in [2.24, 2.45) is 0 Å². The molecule has 98 valence electrons. The Morgan fingerprint density at radius 1 is 1.11 bits per heavy atom. The first-order valence-electron chi connectivity index (χ1n) is 6.46. The molecular formula is C16H15Cl2N. The van der Waals surface area contributed by atoms with E-state index in [9.17, 15) is 0 Å². The Morgan fingerprint density at radius 2 is 1.95 bits per heavy atom. The first kappa shape index (κ1) is 13.0. The zero-order valence-electron chi connectivity index (χ0n) is 10.5. The number of rotatable bonds is 4. The third kappa shape index (κ3) is 2.79.